The Bertz CT molecular complexity index is 991. The molecule has 0 atom stereocenters. The highest BCUT2D eigenvalue weighted by atomic mass is 35.5. The highest BCUT2D eigenvalue weighted by Gasteiger charge is 2.12. The van der Waals surface area contributed by atoms with E-state index in [2.05, 4.69) is 4.99 Å². The predicted molar refractivity (Wildman–Crippen MR) is 103 cm³/mol. The summed E-state index contributed by atoms with van der Waals surface area (Å²) in [6.07, 6.45) is 0. The molecule has 0 fully saturated rings. The maximum absolute atomic E-state index is 12.5. The fourth-order valence-corrected chi connectivity index (χ4v) is 4.39. The molecule has 7 heteroatoms. The number of amides is 1. The molecule has 130 valence electrons. The first-order chi connectivity index (χ1) is 12.0. The van der Waals surface area contributed by atoms with E-state index >= 15 is 0 Å². The Morgan fingerprint density at radius 1 is 1.20 bits per heavy atom. The predicted octanol–water partition coefficient (Wildman–Crippen LogP) is 5.17. The topological polar surface area (TPSA) is 43.6 Å². The van der Waals surface area contributed by atoms with Crippen LogP contribution in [0.2, 0.25) is 10.0 Å². The van der Waals surface area contributed by atoms with Crippen molar-refractivity contribution in [3.05, 3.63) is 56.8 Å². The maximum Gasteiger partial charge on any atom is 0.279 e. The van der Waals surface area contributed by atoms with Crippen molar-refractivity contribution in [3.63, 3.8) is 0 Å². The van der Waals surface area contributed by atoms with E-state index < -0.39 is 0 Å². The van der Waals surface area contributed by atoms with E-state index in [0.717, 1.165) is 16.0 Å². The number of fused-ring (bicyclic) bond motifs is 1. The number of halogens is 2. The van der Waals surface area contributed by atoms with Crippen molar-refractivity contribution >= 4 is 50.7 Å². The van der Waals surface area contributed by atoms with Gasteiger partial charge in [0.2, 0.25) is 0 Å². The highest BCUT2D eigenvalue weighted by Crippen LogP contribution is 2.29. The van der Waals surface area contributed by atoms with E-state index in [0.29, 0.717) is 33.6 Å². The lowest BCUT2D eigenvalue weighted by molar-refractivity contribution is 0.0998. The highest BCUT2D eigenvalue weighted by molar-refractivity contribution is 7.16. The average Bonchev–Trinajstić information content (AvgIpc) is 2.92. The zero-order valence-corrected chi connectivity index (χ0v) is 16.1. The molecule has 1 heterocycles. The number of rotatable bonds is 4. The molecule has 4 nitrogen and oxygen atoms in total. The van der Waals surface area contributed by atoms with Crippen LogP contribution in [0.1, 0.15) is 24.2 Å². The fraction of sp³-hybridized carbons (Fsp3) is 0.222. The molecule has 0 radical (unpaired) electrons. The monoisotopic (exact) mass is 394 g/mol. The van der Waals surface area contributed by atoms with Crippen LogP contribution < -0.4 is 9.54 Å². The number of aryl methyl sites for hydroxylation is 1. The van der Waals surface area contributed by atoms with Crippen LogP contribution in [0, 0.1) is 0 Å². The molecule has 3 rings (SSSR count). The SMILES string of the molecule is CCOc1ccc(C(=O)N=c2sc3cc(Cl)cc(Cl)c3n2CC)cc1. The molecule has 25 heavy (non-hydrogen) atoms. The lowest BCUT2D eigenvalue weighted by Gasteiger charge is -2.03. The first-order valence-corrected chi connectivity index (χ1v) is 9.41. The van der Waals surface area contributed by atoms with Gasteiger partial charge in [-0.2, -0.15) is 4.99 Å². The molecule has 0 bridgehead atoms. The third-order valence-corrected chi connectivity index (χ3v) is 5.15. The van der Waals surface area contributed by atoms with E-state index in [1.165, 1.54) is 11.3 Å². The summed E-state index contributed by atoms with van der Waals surface area (Å²) in [4.78, 5) is 17.4. The Hall–Kier alpha value is -1.82. The summed E-state index contributed by atoms with van der Waals surface area (Å²) in [5, 5.41) is 1.11. The maximum atomic E-state index is 12.5. The van der Waals surface area contributed by atoms with Gasteiger partial charge in [0.1, 0.15) is 5.75 Å². The molecule has 3 aromatic rings. The summed E-state index contributed by atoms with van der Waals surface area (Å²) in [5.74, 6) is 0.421. The van der Waals surface area contributed by atoms with Crippen LogP contribution in [-0.2, 0) is 6.54 Å². The number of benzene rings is 2. The third kappa shape index (κ3) is 3.73. The molecular weight excluding hydrogens is 379 g/mol. The van der Waals surface area contributed by atoms with Crippen molar-refractivity contribution in [3.8, 4) is 5.75 Å². The van der Waals surface area contributed by atoms with Crippen molar-refractivity contribution in [2.75, 3.05) is 6.61 Å². The molecule has 1 aromatic heterocycles. The quantitative estimate of drug-likeness (QED) is 0.612. The average molecular weight is 395 g/mol. The minimum Gasteiger partial charge on any atom is -0.494 e. The van der Waals surface area contributed by atoms with Crippen LogP contribution in [0.25, 0.3) is 10.2 Å². The van der Waals surface area contributed by atoms with Gasteiger partial charge in [-0.3, -0.25) is 4.79 Å². The minimum atomic E-state index is -0.306. The molecule has 0 spiro atoms. The molecule has 0 aliphatic carbocycles. The van der Waals surface area contributed by atoms with E-state index in [4.69, 9.17) is 27.9 Å². The second-order valence-corrected chi connectivity index (χ2v) is 7.09. The van der Waals surface area contributed by atoms with Crippen molar-refractivity contribution in [1.29, 1.82) is 0 Å². The van der Waals surface area contributed by atoms with Gasteiger partial charge >= 0.3 is 0 Å². The van der Waals surface area contributed by atoms with E-state index in [9.17, 15) is 4.79 Å². The Balaban J connectivity index is 2.05. The third-order valence-electron chi connectivity index (χ3n) is 3.62. The van der Waals surface area contributed by atoms with Crippen molar-refractivity contribution in [2.24, 2.45) is 4.99 Å². The van der Waals surface area contributed by atoms with Gasteiger partial charge in [0.05, 0.1) is 21.8 Å². The summed E-state index contributed by atoms with van der Waals surface area (Å²) in [6.45, 7) is 5.13. The summed E-state index contributed by atoms with van der Waals surface area (Å²) in [7, 11) is 0. The minimum absolute atomic E-state index is 0.306. The second kappa shape index (κ2) is 7.60. The molecule has 0 saturated heterocycles. The smallest absolute Gasteiger partial charge is 0.279 e. The summed E-state index contributed by atoms with van der Waals surface area (Å²) >= 11 is 13.8. The number of thiazole rings is 1. The number of carbonyl (C=O) groups excluding carboxylic acids is 1. The van der Waals surface area contributed by atoms with Gasteiger partial charge < -0.3 is 9.30 Å². The molecule has 0 N–H and O–H groups in total. The number of nitrogens with zero attached hydrogens (tertiary/aromatic N) is 2. The van der Waals surface area contributed by atoms with Crippen LogP contribution in [0.3, 0.4) is 0 Å². The zero-order valence-electron chi connectivity index (χ0n) is 13.8. The first kappa shape index (κ1) is 18.0. The molecule has 1 amide bonds. The van der Waals surface area contributed by atoms with Gasteiger partial charge in [0.15, 0.2) is 4.80 Å². The van der Waals surface area contributed by atoms with Gasteiger partial charge in [-0.25, -0.2) is 0 Å². The van der Waals surface area contributed by atoms with E-state index in [1.807, 2.05) is 24.5 Å². The molecule has 2 aromatic carbocycles. The number of aromatic nitrogens is 1. The van der Waals surface area contributed by atoms with Crippen LogP contribution in [-0.4, -0.2) is 17.1 Å². The van der Waals surface area contributed by atoms with Crippen molar-refractivity contribution in [2.45, 2.75) is 20.4 Å². The summed E-state index contributed by atoms with van der Waals surface area (Å²) in [5.41, 5.74) is 1.35. The van der Waals surface area contributed by atoms with Crippen LogP contribution in [0.15, 0.2) is 41.4 Å². The number of carbonyl (C=O) groups is 1. The standard InChI is InChI=1S/C18H16Cl2N2O2S/c1-3-22-16-14(20)9-12(19)10-15(16)25-18(22)21-17(23)11-5-7-13(8-6-11)24-4-2/h5-10H,3-4H2,1-2H3. The van der Waals surface area contributed by atoms with Crippen LogP contribution in [0.4, 0.5) is 0 Å². The molecule has 0 unspecified atom stereocenters. The van der Waals surface area contributed by atoms with E-state index in [-0.39, 0.29) is 5.91 Å². The Morgan fingerprint density at radius 2 is 1.92 bits per heavy atom. The molecule has 0 aliphatic rings. The largest absolute Gasteiger partial charge is 0.494 e. The summed E-state index contributed by atoms with van der Waals surface area (Å²) < 4.78 is 8.21. The molecular formula is C18H16Cl2N2O2S. The summed E-state index contributed by atoms with van der Waals surface area (Å²) in [6, 6.07) is 10.5. The van der Waals surface area contributed by atoms with Crippen LogP contribution >= 0.6 is 34.5 Å². The van der Waals surface area contributed by atoms with Gasteiger partial charge in [-0.15, -0.1) is 0 Å². The van der Waals surface area contributed by atoms with Gasteiger partial charge in [0.25, 0.3) is 5.91 Å². The molecule has 0 aliphatic heterocycles. The van der Waals surface area contributed by atoms with Crippen molar-refractivity contribution < 1.29 is 9.53 Å². The van der Waals surface area contributed by atoms with Gasteiger partial charge in [-0.05, 0) is 50.2 Å². The van der Waals surface area contributed by atoms with E-state index in [1.54, 1.807) is 30.3 Å². The van der Waals surface area contributed by atoms with Crippen molar-refractivity contribution in [1.82, 2.24) is 4.57 Å². The lowest BCUT2D eigenvalue weighted by Crippen LogP contribution is -2.16. The molecule has 0 saturated carbocycles. The van der Waals surface area contributed by atoms with Gasteiger partial charge in [-0.1, -0.05) is 34.5 Å². The Kier molecular flexibility index (Phi) is 5.47. The zero-order chi connectivity index (χ0) is 18.0. The second-order valence-electron chi connectivity index (χ2n) is 5.24. The fourth-order valence-electron chi connectivity index (χ4n) is 2.52. The Labute approximate surface area is 159 Å². The first-order valence-electron chi connectivity index (χ1n) is 7.83. The number of hydrogen-bond donors (Lipinski definition) is 0. The number of ether oxygens (including phenoxy) is 1. The van der Waals surface area contributed by atoms with Gasteiger partial charge in [0, 0.05) is 17.1 Å². The normalized spacial score (nSPS) is 11.9. The number of hydrogen-bond acceptors (Lipinski definition) is 3. The lowest BCUT2D eigenvalue weighted by atomic mass is 10.2. The Morgan fingerprint density at radius 3 is 2.56 bits per heavy atom. The van der Waals surface area contributed by atoms with Crippen LogP contribution in [0.5, 0.6) is 5.75 Å².